The maximum absolute atomic E-state index is 13.2. The van der Waals surface area contributed by atoms with Gasteiger partial charge in [-0.2, -0.15) is 4.31 Å². The number of anilines is 1. The topological polar surface area (TPSA) is 75.7 Å². The normalized spacial score (nSPS) is 14.9. The van der Waals surface area contributed by atoms with Crippen LogP contribution in [0.25, 0.3) is 0 Å². The summed E-state index contributed by atoms with van der Waals surface area (Å²) in [5, 5.41) is 2.88. The molecule has 1 fully saturated rings. The van der Waals surface area contributed by atoms with Gasteiger partial charge in [-0.05, 0) is 61.7 Å². The van der Waals surface area contributed by atoms with Crippen LogP contribution >= 0.6 is 0 Å². The number of hydrogen-bond acceptors (Lipinski definition) is 4. The second-order valence-corrected chi connectivity index (χ2v) is 10.1. The number of aryl methyl sites for hydroxylation is 1. The Morgan fingerprint density at radius 1 is 0.879 bits per heavy atom. The Morgan fingerprint density at radius 3 is 2.27 bits per heavy atom. The molecule has 0 bridgehead atoms. The lowest BCUT2D eigenvalue weighted by Crippen LogP contribution is -2.32. The molecule has 0 atom stereocenters. The third-order valence-corrected chi connectivity index (χ3v) is 7.66. The molecule has 1 N–H and O–H groups in total. The van der Waals surface area contributed by atoms with Crippen molar-refractivity contribution in [3.05, 3.63) is 83.9 Å². The van der Waals surface area contributed by atoms with Crippen molar-refractivity contribution in [1.29, 1.82) is 0 Å². The van der Waals surface area contributed by atoms with E-state index < -0.39 is 10.0 Å². The standard InChI is InChI=1S/C26H28N2O4S/c1-20-15-16-22(33(30,31)28-17-9-2-3-10-18-28)19-23(20)26(29)27-24-13-7-8-14-25(24)32-21-11-5-4-6-12-21/h4-8,11-16,19H,2-3,9-10,17-18H2,1H3,(H,27,29). The summed E-state index contributed by atoms with van der Waals surface area (Å²) in [6.45, 7) is 2.83. The molecule has 1 amide bonds. The quantitative estimate of drug-likeness (QED) is 0.515. The summed E-state index contributed by atoms with van der Waals surface area (Å²) in [4.78, 5) is 13.3. The van der Waals surface area contributed by atoms with Crippen LogP contribution in [0.1, 0.15) is 41.6 Å². The van der Waals surface area contributed by atoms with E-state index >= 15 is 0 Å². The summed E-state index contributed by atoms with van der Waals surface area (Å²) >= 11 is 0. The van der Waals surface area contributed by atoms with Crippen molar-refractivity contribution in [3.63, 3.8) is 0 Å². The predicted molar refractivity (Wildman–Crippen MR) is 129 cm³/mol. The van der Waals surface area contributed by atoms with Crippen molar-refractivity contribution in [1.82, 2.24) is 4.31 Å². The Hall–Kier alpha value is -3.16. The van der Waals surface area contributed by atoms with E-state index in [0.717, 1.165) is 25.7 Å². The number of rotatable bonds is 6. The molecule has 1 aliphatic heterocycles. The van der Waals surface area contributed by atoms with Gasteiger partial charge in [0.1, 0.15) is 5.75 Å². The highest BCUT2D eigenvalue weighted by molar-refractivity contribution is 7.89. The monoisotopic (exact) mass is 464 g/mol. The maximum Gasteiger partial charge on any atom is 0.256 e. The highest BCUT2D eigenvalue weighted by atomic mass is 32.2. The van der Waals surface area contributed by atoms with Crippen molar-refractivity contribution in [3.8, 4) is 11.5 Å². The fraction of sp³-hybridized carbons (Fsp3) is 0.269. The first-order valence-electron chi connectivity index (χ1n) is 11.2. The lowest BCUT2D eigenvalue weighted by molar-refractivity contribution is 0.102. The number of ether oxygens (including phenoxy) is 1. The minimum atomic E-state index is -3.65. The molecule has 33 heavy (non-hydrogen) atoms. The Kier molecular flexibility index (Phi) is 7.11. The van der Waals surface area contributed by atoms with E-state index in [9.17, 15) is 13.2 Å². The predicted octanol–water partition coefficient (Wildman–Crippen LogP) is 5.60. The third kappa shape index (κ3) is 5.43. The summed E-state index contributed by atoms with van der Waals surface area (Å²) in [7, 11) is -3.65. The maximum atomic E-state index is 13.2. The molecule has 7 heteroatoms. The van der Waals surface area contributed by atoms with Gasteiger partial charge in [0.15, 0.2) is 5.75 Å². The molecule has 1 heterocycles. The zero-order chi connectivity index (χ0) is 23.3. The van der Waals surface area contributed by atoms with Gasteiger partial charge in [0, 0.05) is 18.7 Å². The number of nitrogens with one attached hydrogen (secondary N) is 1. The van der Waals surface area contributed by atoms with Crippen LogP contribution < -0.4 is 10.1 Å². The Balaban J connectivity index is 1.58. The van der Waals surface area contributed by atoms with Gasteiger partial charge in [-0.3, -0.25) is 4.79 Å². The van der Waals surface area contributed by atoms with Crippen LogP contribution in [0.2, 0.25) is 0 Å². The number of hydrogen-bond donors (Lipinski definition) is 1. The number of sulfonamides is 1. The smallest absolute Gasteiger partial charge is 0.256 e. The van der Waals surface area contributed by atoms with Crippen molar-refractivity contribution in [2.24, 2.45) is 0 Å². The van der Waals surface area contributed by atoms with Crippen LogP contribution in [0.15, 0.2) is 77.7 Å². The fourth-order valence-electron chi connectivity index (χ4n) is 3.90. The largest absolute Gasteiger partial charge is 0.455 e. The van der Waals surface area contributed by atoms with Gasteiger partial charge in [0.25, 0.3) is 5.91 Å². The highest BCUT2D eigenvalue weighted by Gasteiger charge is 2.26. The molecular weight excluding hydrogens is 436 g/mol. The Morgan fingerprint density at radius 2 is 1.55 bits per heavy atom. The molecule has 0 spiro atoms. The van der Waals surface area contributed by atoms with Crippen molar-refractivity contribution in [2.75, 3.05) is 18.4 Å². The molecule has 0 aromatic heterocycles. The average Bonchev–Trinajstić information content (AvgIpc) is 3.11. The third-order valence-electron chi connectivity index (χ3n) is 5.76. The van der Waals surface area contributed by atoms with Crippen LogP contribution in [0.4, 0.5) is 5.69 Å². The van der Waals surface area contributed by atoms with Crippen molar-refractivity contribution in [2.45, 2.75) is 37.5 Å². The van der Waals surface area contributed by atoms with Gasteiger partial charge < -0.3 is 10.1 Å². The number of nitrogens with zero attached hydrogens (tertiary/aromatic N) is 1. The molecule has 6 nitrogen and oxygen atoms in total. The molecule has 0 saturated carbocycles. The number of amides is 1. The summed E-state index contributed by atoms with van der Waals surface area (Å²) in [6, 6.07) is 21.2. The van der Waals surface area contributed by atoms with Gasteiger partial charge in [0.2, 0.25) is 10.0 Å². The molecule has 1 saturated heterocycles. The van der Waals surface area contributed by atoms with E-state index in [1.165, 1.54) is 10.4 Å². The SMILES string of the molecule is Cc1ccc(S(=O)(=O)N2CCCCCC2)cc1C(=O)Nc1ccccc1Oc1ccccc1. The first kappa shape index (κ1) is 23.0. The molecule has 172 valence electrons. The minimum Gasteiger partial charge on any atom is -0.455 e. The zero-order valence-electron chi connectivity index (χ0n) is 18.7. The summed E-state index contributed by atoms with van der Waals surface area (Å²) < 4.78 is 33.9. The van der Waals surface area contributed by atoms with E-state index in [1.807, 2.05) is 36.4 Å². The molecule has 3 aromatic rings. The summed E-state index contributed by atoms with van der Waals surface area (Å²) in [5.41, 5.74) is 1.52. The van der Waals surface area contributed by atoms with Crippen molar-refractivity contribution < 1.29 is 17.9 Å². The second kappa shape index (κ2) is 10.2. The first-order valence-corrected chi connectivity index (χ1v) is 12.6. The molecular formula is C26H28N2O4S. The van der Waals surface area contributed by atoms with Crippen LogP contribution in [-0.2, 0) is 10.0 Å². The van der Waals surface area contributed by atoms with Crippen molar-refractivity contribution >= 4 is 21.6 Å². The van der Waals surface area contributed by atoms with Crippen LogP contribution in [-0.4, -0.2) is 31.7 Å². The molecule has 1 aliphatic rings. The van der Waals surface area contributed by atoms with Gasteiger partial charge in [-0.15, -0.1) is 0 Å². The van der Waals surface area contributed by atoms with E-state index in [2.05, 4.69) is 5.32 Å². The number of carbonyl (C=O) groups is 1. The van der Waals surface area contributed by atoms with Gasteiger partial charge in [0.05, 0.1) is 10.6 Å². The van der Waals surface area contributed by atoms with Gasteiger partial charge in [-0.1, -0.05) is 49.2 Å². The van der Waals surface area contributed by atoms with E-state index in [1.54, 1.807) is 37.3 Å². The Bertz CT molecular complexity index is 1220. The lowest BCUT2D eigenvalue weighted by atomic mass is 10.1. The molecule has 3 aromatic carbocycles. The molecule has 0 unspecified atom stereocenters. The average molecular weight is 465 g/mol. The lowest BCUT2D eigenvalue weighted by Gasteiger charge is -2.20. The molecule has 0 radical (unpaired) electrons. The van der Waals surface area contributed by atoms with Crippen LogP contribution in [0.5, 0.6) is 11.5 Å². The van der Waals surface area contributed by atoms with Crippen LogP contribution in [0, 0.1) is 6.92 Å². The first-order chi connectivity index (χ1) is 15.9. The zero-order valence-corrected chi connectivity index (χ0v) is 19.5. The van der Waals surface area contributed by atoms with E-state index in [-0.39, 0.29) is 10.8 Å². The van der Waals surface area contributed by atoms with Gasteiger partial charge >= 0.3 is 0 Å². The highest BCUT2D eigenvalue weighted by Crippen LogP contribution is 2.30. The van der Waals surface area contributed by atoms with Gasteiger partial charge in [-0.25, -0.2) is 8.42 Å². The van der Waals surface area contributed by atoms with E-state index in [0.29, 0.717) is 41.4 Å². The van der Waals surface area contributed by atoms with Crippen LogP contribution in [0.3, 0.4) is 0 Å². The minimum absolute atomic E-state index is 0.147. The number of para-hydroxylation sites is 3. The number of benzene rings is 3. The number of carbonyl (C=O) groups excluding carboxylic acids is 1. The fourth-order valence-corrected chi connectivity index (χ4v) is 5.45. The van der Waals surface area contributed by atoms with E-state index in [4.69, 9.17) is 4.74 Å². The molecule has 0 aliphatic carbocycles. The molecule has 4 rings (SSSR count). The summed E-state index contributed by atoms with van der Waals surface area (Å²) in [5.74, 6) is 0.772. The second-order valence-electron chi connectivity index (χ2n) is 8.16. The summed E-state index contributed by atoms with van der Waals surface area (Å²) in [6.07, 6.45) is 3.79. The Labute approximate surface area is 195 Å².